The SMILES string of the molecule is O=C(O)c1ccccc1N(CCCCN(c1ccc(Cl)cc1)S(=O)[O-])S(=O)(=O)Cc1cccc(CCc2ccc3ccc(Cl)cc3n2)c1. The van der Waals surface area contributed by atoms with Gasteiger partial charge in [0.15, 0.2) is 0 Å². The van der Waals surface area contributed by atoms with Crippen LogP contribution in [0.1, 0.15) is 40.0 Å². The molecule has 250 valence electrons. The number of benzene rings is 4. The Balaban J connectivity index is 1.31. The molecule has 13 heteroatoms. The quantitative estimate of drug-likeness (QED) is 0.0877. The number of carboxylic acid groups (broad SMARTS) is 1. The smallest absolute Gasteiger partial charge is 0.337 e. The Morgan fingerprint density at radius 1 is 0.812 bits per heavy atom. The summed E-state index contributed by atoms with van der Waals surface area (Å²) in [5, 5.41) is 11.9. The number of aromatic carboxylic acids is 1. The van der Waals surface area contributed by atoms with Gasteiger partial charge in [0.05, 0.1) is 22.5 Å². The number of halogens is 2. The van der Waals surface area contributed by atoms with Gasteiger partial charge in [0.2, 0.25) is 10.0 Å². The van der Waals surface area contributed by atoms with Crippen LogP contribution in [0.3, 0.4) is 0 Å². The predicted octanol–water partition coefficient (Wildman–Crippen LogP) is 7.44. The van der Waals surface area contributed by atoms with E-state index >= 15 is 0 Å². The van der Waals surface area contributed by atoms with E-state index in [0.29, 0.717) is 40.6 Å². The fourth-order valence-electron chi connectivity index (χ4n) is 5.40. The van der Waals surface area contributed by atoms with Gasteiger partial charge in [-0.05, 0) is 91.4 Å². The van der Waals surface area contributed by atoms with Crippen LogP contribution in [-0.4, -0.2) is 46.3 Å². The van der Waals surface area contributed by atoms with Crippen LogP contribution >= 0.6 is 23.2 Å². The van der Waals surface area contributed by atoms with Crippen molar-refractivity contribution in [2.45, 2.75) is 31.4 Å². The molecule has 0 saturated heterocycles. The summed E-state index contributed by atoms with van der Waals surface area (Å²) in [4.78, 5) is 16.8. The zero-order valence-electron chi connectivity index (χ0n) is 25.7. The van der Waals surface area contributed by atoms with Crippen LogP contribution in [0.25, 0.3) is 10.9 Å². The first-order valence-electron chi connectivity index (χ1n) is 15.1. The van der Waals surface area contributed by atoms with Gasteiger partial charge < -0.3 is 14.0 Å². The number of aryl methyl sites for hydroxylation is 2. The number of pyridine rings is 1. The van der Waals surface area contributed by atoms with Gasteiger partial charge in [0.25, 0.3) is 0 Å². The van der Waals surface area contributed by atoms with Crippen molar-refractivity contribution < 1.29 is 27.1 Å². The summed E-state index contributed by atoms with van der Waals surface area (Å²) in [6.07, 6.45) is 1.84. The fourth-order valence-corrected chi connectivity index (χ4v) is 7.88. The van der Waals surface area contributed by atoms with Crippen LogP contribution in [0.2, 0.25) is 10.0 Å². The Hall–Kier alpha value is -4.00. The van der Waals surface area contributed by atoms with Crippen molar-refractivity contribution in [2.75, 3.05) is 21.7 Å². The topological polar surface area (TPSA) is 131 Å². The second-order valence-corrected chi connectivity index (χ2v) is 14.8. The molecule has 48 heavy (non-hydrogen) atoms. The van der Waals surface area contributed by atoms with Gasteiger partial charge in [-0.15, -0.1) is 0 Å². The molecule has 0 aliphatic rings. The first kappa shape index (κ1) is 35.3. The Bertz CT molecular complexity index is 2040. The summed E-state index contributed by atoms with van der Waals surface area (Å²) in [7, 11) is -4.08. The van der Waals surface area contributed by atoms with Crippen LogP contribution in [0, 0.1) is 0 Å². The number of hydrogen-bond donors (Lipinski definition) is 1. The minimum atomic E-state index is -4.08. The molecule has 0 radical (unpaired) electrons. The van der Waals surface area contributed by atoms with Gasteiger partial charge in [0.1, 0.15) is 0 Å². The van der Waals surface area contributed by atoms with E-state index in [4.69, 9.17) is 28.2 Å². The van der Waals surface area contributed by atoms with Gasteiger partial charge in [-0.1, -0.05) is 71.7 Å². The van der Waals surface area contributed by atoms with Gasteiger partial charge in [0, 0.05) is 51.2 Å². The van der Waals surface area contributed by atoms with Crippen LogP contribution in [-0.2, 0) is 39.9 Å². The number of nitrogens with zero attached hydrogens (tertiary/aromatic N) is 3. The zero-order chi connectivity index (χ0) is 34.3. The van der Waals surface area contributed by atoms with E-state index in [1.807, 2.05) is 42.5 Å². The lowest BCUT2D eigenvalue weighted by Gasteiger charge is -2.28. The number of rotatable bonds is 15. The molecular formula is C35H32Cl2N3O6S2-. The molecule has 0 aliphatic heterocycles. The highest BCUT2D eigenvalue weighted by Crippen LogP contribution is 2.27. The lowest BCUT2D eigenvalue weighted by Crippen LogP contribution is -2.35. The summed E-state index contributed by atoms with van der Waals surface area (Å²) < 4.78 is 54.2. The van der Waals surface area contributed by atoms with Gasteiger partial charge in [-0.25, -0.2) is 13.2 Å². The third-order valence-electron chi connectivity index (χ3n) is 7.73. The van der Waals surface area contributed by atoms with Crippen molar-refractivity contribution in [3.63, 3.8) is 0 Å². The van der Waals surface area contributed by atoms with Crippen molar-refractivity contribution >= 4 is 72.7 Å². The van der Waals surface area contributed by atoms with Gasteiger partial charge >= 0.3 is 5.97 Å². The number of carbonyl (C=O) groups is 1. The Kier molecular flexibility index (Phi) is 11.7. The number of carboxylic acids is 1. The summed E-state index contributed by atoms with van der Waals surface area (Å²) >= 11 is 9.51. The fraction of sp³-hybridized carbons (Fsp3) is 0.200. The monoisotopic (exact) mass is 724 g/mol. The first-order chi connectivity index (χ1) is 23.0. The maximum absolute atomic E-state index is 14.0. The van der Waals surface area contributed by atoms with Gasteiger partial charge in [-0.3, -0.25) is 13.5 Å². The summed E-state index contributed by atoms with van der Waals surface area (Å²) in [5.74, 6) is -1.61. The Morgan fingerprint density at radius 3 is 2.25 bits per heavy atom. The molecule has 0 saturated carbocycles. The predicted molar refractivity (Wildman–Crippen MR) is 191 cm³/mol. The molecule has 1 N–H and O–H groups in total. The highest BCUT2D eigenvalue weighted by Gasteiger charge is 2.27. The first-order valence-corrected chi connectivity index (χ1v) is 18.5. The molecule has 0 fully saturated rings. The van der Waals surface area contributed by atoms with Crippen molar-refractivity contribution in [3.8, 4) is 0 Å². The zero-order valence-corrected chi connectivity index (χ0v) is 28.8. The van der Waals surface area contributed by atoms with E-state index < -0.39 is 27.3 Å². The van der Waals surface area contributed by atoms with E-state index in [1.165, 1.54) is 18.2 Å². The molecule has 1 aromatic heterocycles. The molecule has 4 aromatic carbocycles. The number of aromatic nitrogens is 1. The van der Waals surface area contributed by atoms with Crippen LogP contribution < -0.4 is 8.61 Å². The Labute approximate surface area is 292 Å². The third-order valence-corrected chi connectivity index (χ3v) is 10.7. The second-order valence-electron chi connectivity index (χ2n) is 11.1. The maximum atomic E-state index is 14.0. The number of fused-ring (bicyclic) bond motifs is 1. The lowest BCUT2D eigenvalue weighted by molar-refractivity contribution is 0.0697. The molecule has 1 heterocycles. The molecule has 5 rings (SSSR count). The molecular weight excluding hydrogens is 693 g/mol. The number of sulfonamides is 1. The lowest BCUT2D eigenvalue weighted by atomic mass is 10.0. The van der Waals surface area contributed by atoms with Crippen molar-refractivity contribution in [3.05, 3.63) is 136 Å². The molecule has 1 unspecified atom stereocenters. The number of unbranched alkanes of at least 4 members (excludes halogenated alkanes) is 1. The number of anilines is 2. The minimum absolute atomic E-state index is 0.0468. The number of para-hydroxylation sites is 1. The van der Waals surface area contributed by atoms with E-state index in [0.717, 1.165) is 30.8 Å². The van der Waals surface area contributed by atoms with E-state index in [-0.39, 0.29) is 36.5 Å². The van der Waals surface area contributed by atoms with Crippen LogP contribution in [0.4, 0.5) is 11.4 Å². The third kappa shape index (κ3) is 9.12. The minimum Gasteiger partial charge on any atom is -0.755 e. The molecule has 9 nitrogen and oxygen atoms in total. The van der Waals surface area contributed by atoms with E-state index in [2.05, 4.69) is 0 Å². The average molecular weight is 726 g/mol. The molecule has 0 aliphatic carbocycles. The molecule has 5 aromatic rings. The van der Waals surface area contributed by atoms with Crippen LogP contribution in [0.15, 0.2) is 103 Å². The molecule has 0 spiro atoms. The van der Waals surface area contributed by atoms with Crippen molar-refractivity contribution in [1.82, 2.24) is 4.98 Å². The highest BCUT2D eigenvalue weighted by atomic mass is 35.5. The molecule has 0 bridgehead atoms. The van der Waals surface area contributed by atoms with Gasteiger partial charge in [-0.2, -0.15) is 0 Å². The van der Waals surface area contributed by atoms with E-state index in [1.54, 1.807) is 42.5 Å². The summed E-state index contributed by atoms with van der Waals surface area (Å²) in [6.45, 7) is 0.0390. The van der Waals surface area contributed by atoms with E-state index in [9.17, 15) is 27.1 Å². The highest BCUT2D eigenvalue weighted by molar-refractivity contribution is 7.92. The van der Waals surface area contributed by atoms with Crippen molar-refractivity contribution in [1.29, 1.82) is 0 Å². The maximum Gasteiger partial charge on any atom is 0.337 e. The standard InChI is InChI=1S/C35H33Cl2N3O6S2/c36-28-14-18-31(19-15-28)39(47(43)44)20-3-4-21-40(34-9-2-1-8-32(34)35(41)42)48(45,46)24-26-7-5-6-25(22-26)10-16-30-17-12-27-11-13-29(37)23-33(27)38-30/h1-2,5-9,11-15,17-19,22-23H,3-4,10,16,20-21,24H2,(H,41,42)(H,43,44)/p-1. The average Bonchev–Trinajstić information content (AvgIpc) is 3.05. The van der Waals surface area contributed by atoms with Crippen molar-refractivity contribution in [2.24, 2.45) is 0 Å². The largest absolute Gasteiger partial charge is 0.755 e. The van der Waals surface area contributed by atoms with Crippen LogP contribution in [0.5, 0.6) is 0 Å². The molecule has 1 atom stereocenters. The Morgan fingerprint density at radius 2 is 1.50 bits per heavy atom. The normalized spacial score (nSPS) is 12.1. The number of hydrogen-bond acceptors (Lipinski definition) is 6. The summed E-state index contributed by atoms with van der Waals surface area (Å²) in [6, 6.07) is 29.1. The molecule has 0 amide bonds. The summed E-state index contributed by atoms with van der Waals surface area (Å²) in [5.41, 5.74) is 3.50. The second kappa shape index (κ2) is 15.9.